The van der Waals surface area contributed by atoms with E-state index >= 15 is 0 Å². The summed E-state index contributed by atoms with van der Waals surface area (Å²) in [7, 11) is 0. The molecule has 0 fully saturated rings. The quantitative estimate of drug-likeness (QED) is 0.689. The summed E-state index contributed by atoms with van der Waals surface area (Å²) in [5, 5.41) is 9.04. The summed E-state index contributed by atoms with van der Waals surface area (Å²) in [6.07, 6.45) is -3.29. The molecular weight excluding hydrogens is 219 g/mol. The van der Waals surface area contributed by atoms with E-state index in [2.05, 4.69) is 9.97 Å². The van der Waals surface area contributed by atoms with E-state index < -0.39 is 17.4 Å². The molecule has 0 bridgehead atoms. The summed E-state index contributed by atoms with van der Waals surface area (Å²) >= 11 is 0. The van der Waals surface area contributed by atoms with E-state index in [1.165, 1.54) is 12.3 Å². The predicted molar refractivity (Wildman–Crippen MR) is 49.3 cm³/mol. The van der Waals surface area contributed by atoms with Gasteiger partial charge in [-0.15, -0.1) is 0 Å². The molecule has 0 saturated carbocycles. The average Bonchev–Trinajstić information content (AvgIpc) is 2.26. The van der Waals surface area contributed by atoms with Crippen molar-refractivity contribution < 1.29 is 13.2 Å². The number of hydrogen-bond acceptors (Lipinski definition) is 3. The number of pyridine rings is 2. The maximum atomic E-state index is 12.5. The molecule has 2 aromatic heterocycles. The van der Waals surface area contributed by atoms with Gasteiger partial charge in [-0.2, -0.15) is 18.4 Å². The zero-order chi connectivity index (χ0) is 11.8. The van der Waals surface area contributed by atoms with Crippen molar-refractivity contribution >= 4 is 11.0 Å². The van der Waals surface area contributed by atoms with Crippen molar-refractivity contribution in [3.63, 3.8) is 0 Å². The van der Waals surface area contributed by atoms with E-state index in [1.807, 2.05) is 0 Å². The van der Waals surface area contributed by atoms with E-state index in [1.54, 1.807) is 12.1 Å². The van der Waals surface area contributed by atoms with Gasteiger partial charge in [0.15, 0.2) is 11.3 Å². The maximum Gasteiger partial charge on any atom is 0.434 e. The minimum atomic E-state index is -4.64. The Labute approximate surface area is 88.2 Å². The third-order valence-corrected chi connectivity index (χ3v) is 1.98. The largest absolute Gasteiger partial charge is 0.434 e. The standard InChI is InChI=1S/C10H4F3N3/c11-10(12,13)8-7(5-14)4-6-2-1-3-15-9(6)16-8/h1-4H. The van der Waals surface area contributed by atoms with Crippen LogP contribution >= 0.6 is 0 Å². The van der Waals surface area contributed by atoms with Crippen molar-refractivity contribution in [2.75, 3.05) is 0 Å². The molecule has 2 heterocycles. The number of alkyl halides is 3. The second-order valence-corrected chi connectivity index (χ2v) is 3.04. The SMILES string of the molecule is N#Cc1cc2cccnc2nc1C(F)(F)F. The van der Waals surface area contributed by atoms with Crippen LogP contribution in [0.4, 0.5) is 13.2 Å². The van der Waals surface area contributed by atoms with E-state index in [0.29, 0.717) is 5.39 Å². The summed E-state index contributed by atoms with van der Waals surface area (Å²) in [5.41, 5.74) is -1.71. The van der Waals surface area contributed by atoms with Crippen molar-refractivity contribution in [2.24, 2.45) is 0 Å². The molecule has 0 N–H and O–H groups in total. The summed E-state index contributed by atoms with van der Waals surface area (Å²) < 4.78 is 37.6. The molecule has 0 aliphatic rings. The molecule has 0 spiro atoms. The lowest BCUT2D eigenvalue weighted by Crippen LogP contribution is -2.11. The van der Waals surface area contributed by atoms with Gasteiger partial charge in [0.25, 0.3) is 0 Å². The van der Waals surface area contributed by atoms with Crippen LogP contribution in [0.3, 0.4) is 0 Å². The number of nitriles is 1. The van der Waals surface area contributed by atoms with E-state index in [4.69, 9.17) is 5.26 Å². The lowest BCUT2D eigenvalue weighted by atomic mass is 10.1. The number of hydrogen-bond donors (Lipinski definition) is 0. The Morgan fingerprint density at radius 3 is 2.69 bits per heavy atom. The number of aromatic nitrogens is 2. The molecule has 0 atom stereocenters. The molecule has 0 amide bonds. The molecule has 0 saturated heterocycles. The monoisotopic (exact) mass is 223 g/mol. The fourth-order valence-electron chi connectivity index (χ4n) is 1.31. The third kappa shape index (κ3) is 1.67. The maximum absolute atomic E-state index is 12.5. The fraction of sp³-hybridized carbons (Fsp3) is 0.100. The molecule has 16 heavy (non-hydrogen) atoms. The molecule has 3 nitrogen and oxygen atoms in total. The van der Waals surface area contributed by atoms with Gasteiger partial charge in [0, 0.05) is 11.6 Å². The topological polar surface area (TPSA) is 49.6 Å². The van der Waals surface area contributed by atoms with Crippen molar-refractivity contribution in [1.29, 1.82) is 5.26 Å². The number of halogens is 3. The first-order valence-electron chi connectivity index (χ1n) is 4.25. The highest BCUT2D eigenvalue weighted by Crippen LogP contribution is 2.31. The zero-order valence-electron chi connectivity index (χ0n) is 7.78. The summed E-state index contributed by atoms with van der Waals surface area (Å²) in [5.74, 6) is 0. The van der Waals surface area contributed by atoms with E-state index in [9.17, 15) is 13.2 Å². The predicted octanol–water partition coefficient (Wildman–Crippen LogP) is 2.52. The van der Waals surface area contributed by atoms with Crippen molar-refractivity contribution in [1.82, 2.24) is 9.97 Å². The van der Waals surface area contributed by atoms with Gasteiger partial charge in [0.2, 0.25) is 0 Å². The minimum absolute atomic E-state index is 0.0196. The Balaban J connectivity index is 2.79. The molecular formula is C10H4F3N3. The lowest BCUT2D eigenvalue weighted by Gasteiger charge is -2.08. The smallest absolute Gasteiger partial charge is 0.237 e. The molecule has 80 valence electrons. The zero-order valence-corrected chi connectivity index (χ0v) is 7.78. The highest BCUT2D eigenvalue weighted by atomic mass is 19.4. The second kappa shape index (κ2) is 3.45. The van der Waals surface area contributed by atoms with Crippen LogP contribution in [0.2, 0.25) is 0 Å². The van der Waals surface area contributed by atoms with Crippen LogP contribution in [0.15, 0.2) is 24.4 Å². The van der Waals surface area contributed by atoms with Crippen LogP contribution in [-0.4, -0.2) is 9.97 Å². The van der Waals surface area contributed by atoms with Crippen LogP contribution in [0.5, 0.6) is 0 Å². The Kier molecular flexibility index (Phi) is 2.23. The molecule has 2 aromatic rings. The van der Waals surface area contributed by atoms with Crippen molar-refractivity contribution in [3.05, 3.63) is 35.7 Å². The Morgan fingerprint density at radius 2 is 2.06 bits per heavy atom. The normalized spacial score (nSPS) is 11.4. The summed E-state index contributed by atoms with van der Waals surface area (Å²) in [4.78, 5) is 7.07. The first-order valence-corrected chi connectivity index (χ1v) is 4.25. The van der Waals surface area contributed by atoms with Gasteiger partial charge >= 0.3 is 6.18 Å². The van der Waals surface area contributed by atoms with Gasteiger partial charge in [-0.1, -0.05) is 0 Å². The molecule has 2 rings (SSSR count). The minimum Gasteiger partial charge on any atom is -0.237 e. The molecule has 0 unspecified atom stereocenters. The third-order valence-electron chi connectivity index (χ3n) is 1.98. The van der Waals surface area contributed by atoms with Crippen LogP contribution in [-0.2, 0) is 6.18 Å². The van der Waals surface area contributed by atoms with Crippen LogP contribution < -0.4 is 0 Å². The number of nitrogens with zero attached hydrogens (tertiary/aromatic N) is 3. The molecule has 0 aromatic carbocycles. The average molecular weight is 223 g/mol. The fourth-order valence-corrected chi connectivity index (χ4v) is 1.31. The van der Waals surface area contributed by atoms with Crippen molar-refractivity contribution in [3.8, 4) is 6.07 Å². The molecule has 0 aliphatic carbocycles. The first-order chi connectivity index (χ1) is 7.52. The number of fused-ring (bicyclic) bond motifs is 1. The van der Waals surface area contributed by atoms with Gasteiger partial charge in [0.05, 0.1) is 5.56 Å². The summed E-state index contributed by atoms with van der Waals surface area (Å²) in [6.45, 7) is 0. The van der Waals surface area contributed by atoms with Gasteiger partial charge in [-0.25, -0.2) is 9.97 Å². The molecule has 0 radical (unpaired) electrons. The highest BCUT2D eigenvalue weighted by Gasteiger charge is 2.36. The highest BCUT2D eigenvalue weighted by molar-refractivity contribution is 5.76. The van der Waals surface area contributed by atoms with Gasteiger partial charge in [0.1, 0.15) is 6.07 Å². The van der Waals surface area contributed by atoms with Gasteiger partial charge in [-0.05, 0) is 18.2 Å². The Hall–Kier alpha value is -2.16. The molecule has 0 aliphatic heterocycles. The van der Waals surface area contributed by atoms with Gasteiger partial charge < -0.3 is 0 Å². The van der Waals surface area contributed by atoms with Crippen LogP contribution in [0, 0.1) is 11.3 Å². The number of rotatable bonds is 0. The van der Waals surface area contributed by atoms with Crippen molar-refractivity contribution in [2.45, 2.75) is 6.18 Å². The van der Waals surface area contributed by atoms with Crippen LogP contribution in [0.25, 0.3) is 11.0 Å². The van der Waals surface area contributed by atoms with Gasteiger partial charge in [-0.3, -0.25) is 0 Å². The second-order valence-electron chi connectivity index (χ2n) is 3.04. The molecule has 6 heteroatoms. The summed E-state index contributed by atoms with van der Waals surface area (Å²) in [6, 6.07) is 5.74. The van der Waals surface area contributed by atoms with E-state index in [-0.39, 0.29) is 5.65 Å². The van der Waals surface area contributed by atoms with Crippen LogP contribution in [0.1, 0.15) is 11.3 Å². The Bertz CT molecular complexity index is 584. The van der Waals surface area contributed by atoms with E-state index in [0.717, 1.165) is 6.07 Å². The Morgan fingerprint density at radius 1 is 1.31 bits per heavy atom. The lowest BCUT2D eigenvalue weighted by molar-refractivity contribution is -0.141. The first kappa shape index (κ1) is 10.4.